The minimum Gasteiger partial charge on any atom is -0.444 e. The van der Waals surface area contributed by atoms with E-state index in [-0.39, 0.29) is 0 Å². The third kappa shape index (κ3) is 4.09. The number of hydrogen-bond donors (Lipinski definition) is 1. The second-order valence-corrected chi connectivity index (χ2v) is 8.44. The Bertz CT molecular complexity index is 1020. The van der Waals surface area contributed by atoms with Crippen LogP contribution in [0.2, 0.25) is 5.02 Å². The molecule has 0 fully saturated rings. The summed E-state index contributed by atoms with van der Waals surface area (Å²) in [5.41, 5.74) is -1.02. The van der Waals surface area contributed by atoms with Crippen LogP contribution in [0.3, 0.4) is 0 Å². The van der Waals surface area contributed by atoms with E-state index in [4.69, 9.17) is 16.3 Å². The maximum Gasteiger partial charge on any atom is 0.409 e. The molecule has 0 aliphatic carbocycles. The number of amides is 2. The first kappa shape index (κ1) is 21.6. The van der Waals surface area contributed by atoms with E-state index >= 15 is 0 Å². The van der Waals surface area contributed by atoms with E-state index in [1.807, 2.05) is 0 Å². The van der Waals surface area contributed by atoms with Crippen LogP contribution in [-0.4, -0.2) is 30.4 Å². The van der Waals surface area contributed by atoms with Crippen molar-refractivity contribution < 1.29 is 19.1 Å². The zero-order valence-electron chi connectivity index (χ0n) is 17.2. The Morgan fingerprint density at radius 2 is 1.73 bits per heavy atom. The maximum absolute atomic E-state index is 13.4. The Balaban J connectivity index is 2.04. The second-order valence-electron chi connectivity index (χ2n) is 8.01. The number of carbonyl (C=O) groups excluding carboxylic acids is 3. The number of nitrogens with zero attached hydrogens (tertiary/aromatic N) is 1. The van der Waals surface area contributed by atoms with Gasteiger partial charge in [0.05, 0.1) is 0 Å². The molecular formula is C23H23ClN2O4. The lowest BCUT2D eigenvalue weighted by Crippen LogP contribution is -2.58. The van der Waals surface area contributed by atoms with Gasteiger partial charge in [-0.3, -0.25) is 14.9 Å². The minimum absolute atomic E-state index is 0.397. The van der Waals surface area contributed by atoms with Crippen molar-refractivity contribution in [2.24, 2.45) is 0 Å². The van der Waals surface area contributed by atoms with Gasteiger partial charge in [0, 0.05) is 23.3 Å². The van der Waals surface area contributed by atoms with Gasteiger partial charge in [-0.2, -0.15) is 0 Å². The summed E-state index contributed by atoms with van der Waals surface area (Å²) in [6.07, 6.45) is 2.01. The van der Waals surface area contributed by atoms with E-state index < -0.39 is 28.9 Å². The van der Waals surface area contributed by atoms with E-state index in [1.54, 1.807) is 82.4 Å². The first-order valence-electron chi connectivity index (χ1n) is 9.41. The highest BCUT2D eigenvalue weighted by Crippen LogP contribution is 2.40. The van der Waals surface area contributed by atoms with E-state index in [9.17, 15) is 14.4 Å². The number of para-hydroxylation sites is 1. The summed E-state index contributed by atoms with van der Waals surface area (Å²) in [4.78, 5) is 40.6. The Morgan fingerprint density at radius 3 is 2.37 bits per heavy atom. The van der Waals surface area contributed by atoms with Crippen molar-refractivity contribution in [2.75, 3.05) is 11.9 Å². The number of hydrogen-bond acceptors (Lipinski definition) is 4. The fourth-order valence-corrected chi connectivity index (χ4v) is 3.43. The van der Waals surface area contributed by atoms with Crippen LogP contribution in [0.1, 0.15) is 31.9 Å². The number of nitrogens with one attached hydrogen (secondary N) is 1. The second kappa shape index (κ2) is 7.95. The van der Waals surface area contributed by atoms with Gasteiger partial charge in [-0.15, -0.1) is 0 Å². The van der Waals surface area contributed by atoms with Gasteiger partial charge in [0.1, 0.15) is 5.60 Å². The number of likely N-dealkylation sites (N-methyl/N-ethyl adjacent to an activating group) is 1. The number of ether oxygens (including phenoxy) is 1. The molecule has 0 saturated heterocycles. The fourth-order valence-electron chi connectivity index (χ4n) is 3.31. The van der Waals surface area contributed by atoms with Gasteiger partial charge in [-0.1, -0.05) is 48.0 Å². The minimum atomic E-state index is -1.91. The molecule has 156 valence electrons. The number of carbonyl (C=O) groups is 3. The van der Waals surface area contributed by atoms with Gasteiger partial charge in [-0.05, 0) is 50.6 Å². The molecule has 2 aromatic rings. The van der Waals surface area contributed by atoms with E-state index in [0.29, 0.717) is 16.3 Å². The molecule has 7 heteroatoms. The molecule has 2 aromatic carbocycles. The number of alkyl carbamates (subject to hydrolysis) is 1. The summed E-state index contributed by atoms with van der Waals surface area (Å²) >= 11 is 5.90. The van der Waals surface area contributed by atoms with Crippen LogP contribution in [0.25, 0.3) is 6.08 Å². The molecule has 0 bridgehead atoms. The number of anilines is 1. The zero-order valence-corrected chi connectivity index (χ0v) is 18.0. The van der Waals surface area contributed by atoms with Crippen molar-refractivity contribution >= 4 is 41.1 Å². The highest BCUT2D eigenvalue weighted by molar-refractivity contribution is 6.30. The Kier molecular flexibility index (Phi) is 5.72. The Labute approximate surface area is 180 Å². The topological polar surface area (TPSA) is 75.7 Å². The lowest BCUT2D eigenvalue weighted by atomic mass is 9.86. The van der Waals surface area contributed by atoms with Crippen LogP contribution in [0.15, 0.2) is 54.6 Å². The molecule has 2 amide bonds. The number of rotatable bonds is 4. The van der Waals surface area contributed by atoms with Gasteiger partial charge in [0.2, 0.25) is 5.54 Å². The van der Waals surface area contributed by atoms with Gasteiger partial charge >= 0.3 is 6.09 Å². The molecule has 0 unspecified atom stereocenters. The largest absolute Gasteiger partial charge is 0.444 e. The van der Waals surface area contributed by atoms with Crippen LogP contribution < -0.4 is 10.2 Å². The van der Waals surface area contributed by atoms with Crippen LogP contribution in [0.5, 0.6) is 0 Å². The molecule has 1 atom stereocenters. The smallest absolute Gasteiger partial charge is 0.409 e. The molecule has 0 saturated carbocycles. The lowest BCUT2D eigenvalue weighted by molar-refractivity contribution is -0.133. The maximum atomic E-state index is 13.4. The molecular weight excluding hydrogens is 404 g/mol. The van der Waals surface area contributed by atoms with Crippen LogP contribution >= 0.6 is 11.6 Å². The lowest BCUT2D eigenvalue weighted by Gasteiger charge is -2.29. The average molecular weight is 427 g/mol. The van der Waals surface area contributed by atoms with Crippen molar-refractivity contribution in [3.63, 3.8) is 0 Å². The first-order chi connectivity index (χ1) is 14.0. The van der Waals surface area contributed by atoms with Crippen molar-refractivity contribution in [1.29, 1.82) is 0 Å². The Hall–Kier alpha value is -3.12. The standard InChI is InChI=1S/C23H23ClN2O4/c1-22(2,3)30-21(29)25-23(17-7-5-6-8-18(17)26(4)20(23)28)19(27)14-11-15-9-12-16(24)13-10-15/h5-14H,1-4H3,(H,25,29)/b14-11+/t23-/m1/s1. The molecule has 1 heterocycles. The number of fused-ring (bicyclic) bond motifs is 1. The number of ketones is 1. The molecule has 0 spiro atoms. The quantitative estimate of drug-likeness (QED) is 0.583. The van der Waals surface area contributed by atoms with E-state index in [2.05, 4.69) is 5.32 Å². The average Bonchev–Trinajstić information content (AvgIpc) is 2.89. The molecule has 1 aliphatic rings. The monoisotopic (exact) mass is 426 g/mol. The normalized spacial score (nSPS) is 18.4. The van der Waals surface area contributed by atoms with Crippen molar-refractivity contribution in [3.8, 4) is 0 Å². The Morgan fingerprint density at radius 1 is 1.10 bits per heavy atom. The van der Waals surface area contributed by atoms with E-state index in [1.165, 1.54) is 11.0 Å². The first-order valence-corrected chi connectivity index (χ1v) is 9.79. The predicted octanol–water partition coefficient (Wildman–Crippen LogP) is 4.32. The van der Waals surface area contributed by atoms with Crippen molar-refractivity contribution in [2.45, 2.75) is 31.9 Å². The molecule has 1 aliphatic heterocycles. The van der Waals surface area contributed by atoms with Crippen LogP contribution in [-0.2, 0) is 19.9 Å². The number of halogens is 1. The zero-order chi connectivity index (χ0) is 22.1. The molecule has 0 radical (unpaired) electrons. The summed E-state index contributed by atoms with van der Waals surface area (Å²) in [6, 6.07) is 13.7. The fraction of sp³-hybridized carbons (Fsp3) is 0.261. The van der Waals surface area contributed by atoms with Crippen molar-refractivity contribution in [3.05, 3.63) is 70.8 Å². The molecule has 30 heavy (non-hydrogen) atoms. The summed E-state index contributed by atoms with van der Waals surface area (Å²) in [7, 11) is 1.57. The van der Waals surface area contributed by atoms with Gasteiger partial charge in [0.15, 0.2) is 5.78 Å². The van der Waals surface area contributed by atoms with Gasteiger partial charge in [0.25, 0.3) is 5.91 Å². The highest BCUT2D eigenvalue weighted by Gasteiger charge is 2.56. The molecule has 3 rings (SSSR count). The van der Waals surface area contributed by atoms with E-state index in [0.717, 1.165) is 5.56 Å². The summed E-state index contributed by atoms with van der Waals surface area (Å²) < 4.78 is 5.34. The summed E-state index contributed by atoms with van der Waals surface area (Å²) in [6.45, 7) is 5.12. The molecule has 6 nitrogen and oxygen atoms in total. The third-order valence-electron chi connectivity index (χ3n) is 4.65. The van der Waals surface area contributed by atoms with Gasteiger partial charge in [-0.25, -0.2) is 4.79 Å². The SMILES string of the molecule is CN1C(=O)[C@](NC(=O)OC(C)(C)C)(C(=O)/C=C/c2ccc(Cl)cc2)c2ccccc21. The van der Waals surface area contributed by atoms with Crippen LogP contribution in [0, 0.1) is 0 Å². The van der Waals surface area contributed by atoms with Gasteiger partial charge < -0.3 is 9.64 Å². The summed E-state index contributed by atoms with van der Waals surface area (Å²) in [5.74, 6) is -1.13. The van der Waals surface area contributed by atoms with Crippen LogP contribution in [0.4, 0.5) is 10.5 Å². The van der Waals surface area contributed by atoms with Crippen molar-refractivity contribution in [1.82, 2.24) is 5.32 Å². The highest BCUT2D eigenvalue weighted by atomic mass is 35.5. The molecule has 0 aromatic heterocycles. The molecule has 1 N–H and O–H groups in total. The summed E-state index contributed by atoms with van der Waals surface area (Å²) in [5, 5.41) is 3.13. The number of benzene rings is 2. The predicted molar refractivity (Wildman–Crippen MR) is 116 cm³/mol. The third-order valence-corrected chi connectivity index (χ3v) is 4.90.